The molecular weight excluding hydrogens is 334 g/mol. The molecule has 2 heterocycles. The van der Waals surface area contributed by atoms with Crippen molar-refractivity contribution in [2.45, 2.75) is 38.6 Å². The predicted octanol–water partition coefficient (Wildman–Crippen LogP) is 0.970. The number of nitrogens with one attached hydrogen (secondary N) is 3. The molecule has 1 aromatic carbocycles. The van der Waals surface area contributed by atoms with Crippen molar-refractivity contribution in [2.75, 3.05) is 18.4 Å². The van der Waals surface area contributed by atoms with Crippen LogP contribution >= 0.6 is 0 Å². The fourth-order valence-electron chi connectivity index (χ4n) is 2.77. The van der Waals surface area contributed by atoms with Gasteiger partial charge in [-0.25, -0.2) is 0 Å². The maximum atomic E-state index is 12.0. The lowest BCUT2D eigenvalue weighted by Gasteiger charge is -2.09. The van der Waals surface area contributed by atoms with E-state index in [4.69, 9.17) is 4.52 Å². The van der Waals surface area contributed by atoms with Gasteiger partial charge in [0.15, 0.2) is 5.82 Å². The molecule has 1 aliphatic rings. The van der Waals surface area contributed by atoms with Gasteiger partial charge in [0.25, 0.3) is 0 Å². The Bertz CT molecular complexity index is 750. The zero-order chi connectivity index (χ0) is 18.4. The molecule has 1 saturated heterocycles. The van der Waals surface area contributed by atoms with E-state index in [0.29, 0.717) is 24.7 Å². The van der Waals surface area contributed by atoms with E-state index in [1.54, 1.807) is 0 Å². The highest BCUT2D eigenvalue weighted by Crippen LogP contribution is 2.09. The Hall–Kier alpha value is -2.74. The largest absolute Gasteiger partial charge is 0.354 e. The van der Waals surface area contributed by atoms with E-state index in [-0.39, 0.29) is 24.3 Å². The second-order valence-corrected chi connectivity index (χ2v) is 6.39. The molecule has 0 radical (unpaired) electrons. The van der Waals surface area contributed by atoms with Gasteiger partial charge in [-0.2, -0.15) is 4.98 Å². The van der Waals surface area contributed by atoms with E-state index in [1.807, 2.05) is 31.2 Å². The van der Waals surface area contributed by atoms with Gasteiger partial charge in [-0.3, -0.25) is 9.59 Å². The molecule has 0 saturated carbocycles. The predicted molar refractivity (Wildman–Crippen MR) is 95.5 cm³/mol. The molecule has 1 unspecified atom stereocenters. The Balaban J connectivity index is 1.41. The maximum Gasteiger partial charge on any atom is 0.237 e. The number of anilines is 1. The quantitative estimate of drug-likeness (QED) is 0.681. The standard InChI is InChI=1S/C18H23N5O3/c1-12-4-6-13(7-5-12)21-16(24)11-15-22-17(26-23-15)8-10-20-18(25)14-3-2-9-19-14/h4-7,14,19H,2-3,8-11H2,1H3,(H,20,25)(H,21,24). The van der Waals surface area contributed by atoms with Crippen LogP contribution in [-0.2, 0) is 22.4 Å². The van der Waals surface area contributed by atoms with Gasteiger partial charge in [0.2, 0.25) is 17.7 Å². The maximum absolute atomic E-state index is 12.0. The third-order valence-corrected chi connectivity index (χ3v) is 4.18. The highest BCUT2D eigenvalue weighted by atomic mass is 16.5. The van der Waals surface area contributed by atoms with Crippen molar-refractivity contribution in [3.63, 3.8) is 0 Å². The molecule has 2 amide bonds. The Morgan fingerprint density at radius 2 is 2.12 bits per heavy atom. The lowest BCUT2D eigenvalue weighted by Crippen LogP contribution is -2.41. The molecule has 138 valence electrons. The lowest BCUT2D eigenvalue weighted by atomic mass is 10.2. The molecule has 1 atom stereocenters. The first-order chi connectivity index (χ1) is 12.6. The van der Waals surface area contributed by atoms with Crippen LogP contribution in [0.2, 0.25) is 0 Å². The van der Waals surface area contributed by atoms with Gasteiger partial charge in [0.1, 0.15) is 0 Å². The third-order valence-electron chi connectivity index (χ3n) is 4.18. The average molecular weight is 357 g/mol. The summed E-state index contributed by atoms with van der Waals surface area (Å²) in [6, 6.07) is 7.45. The Labute approximate surface area is 151 Å². The molecule has 0 aliphatic carbocycles. The highest BCUT2D eigenvalue weighted by molar-refractivity contribution is 5.91. The number of nitrogens with zero attached hydrogens (tertiary/aromatic N) is 2. The van der Waals surface area contributed by atoms with Gasteiger partial charge in [-0.05, 0) is 38.4 Å². The van der Waals surface area contributed by atoms with E-state index in [2.05, 4.69) is 26.1 Å². The first kappa shape index (κ1) is 18.1. The Morgan fingerprint density at radius 3 is 2.85 bits per heavy atom. The second-order valence-electron chi connectivity index (χ2n) is 6.39. The molecule has 3 rings (SSSR count). The molecule has 26 heavy (non-hydrogen) atoms. The van der Waals surface area contributed by atoms with E-state index < -0.39 is 0 Å². The van der Waals surface area contributed by atoms with Crippen LogP contribution in [0.15, 0.2) is 28.8 Å². The van der Waals surface area contributed by atoms with E-state index in [9.17, 15) is 9.59 Å². The summed E-state index contributed by atoms with van der Waals surface area (Å²) in [6.45, 7) is 3.29. The van der Waals surface area contributed by atoms with Crippen LogP contribution in [0, 0.1) is 6.92 Å². The average Bonchev–Trinajstić information content (AvgIpc) is 3.29. The number of amides is 2. The van der Waals surface area contributed by atoms with Crippen molar-refractivity contribution in [2.24, 2.45) is 0 Å². The summed E-state index contributed by atoms with van der Waals surface area (Å²) in [5, 5.41) is 12.6. The van der Waals surface area contributed by atoms with Crippen molar-refractivity contribution in [3.05, 3.63) is 41.5 Å². The van der Waals surface area contributed by atoms with Crippen molar-refractivity contribution in [1.29, 1.82) is 0 Å². The minimum absolute atomic E-state index is 0.000264. The highest BCUT2D eigenvalue weighted by Gasteiger charge is 2.21. The van der Waals surface area contributed by atoms with E-state index >= 15 is 0 Å². The van der Waals surface area contributed by atoms with Crippen molar-refractivity contribution in [3.8, 4) is 0 Å². The van der Waals surface area contributed by atoms with Gasteiger partial charge in [0.05, 0.1) is 12.5 Å². The minimum Gasteiger partial charge on any atom is -0.354 e. The van der Waals surface area contributed by atoms with Gasteiger partial charge in [-0.1, -0.05) is 22.9 Å². The number of carbonyl (C=O) groups is 2. The third kappa shape index (κ3) is 5.13. The molecule has 0 spiro atoms. The van der Waals surface area contributed by atoms with Gasteiger partial charge in [0, 0.05) is 18.7 Å². The molecular formula is C18H23N5O3. The summed E-state index contributed by atoms with van der Waals surface area (Å²) in [5.74, 6) is 0.526. The number of hydrogen-bond donors (Lipinski definition) is 3. The van der Waals surface area contributed by atoms with E-state index in [1.165, 1.54) is 0 Å². The minimum atomic E-state index is -0.207. The molecule has 8 nitrogen and oxygen atoms in total. The van der Waals surface area contributed by atoms with Gasteiger partial charge >= 0.3 is 0 Å². The summed E-state index contributed by atoms with van der Waals surface area (Å²) in [5.41, 5.74) is 1.86. The van der Waals surface area contributed by atoms with Crippen molar-refractivity contribution in [1.82, 2.24) is 20.8 Å². The van der Waals surface area contributed by atoms with Crippen molar-refractivity contribution >= 4 is 17.5 Å². The first-order valence-corrected chi connectivity index (χ1v) is 8.79. The first-order valence-electron chi connectivity index (χ1n) is 8.79. The summed E-state index contributed by atoms with van der Waals surface area (Å²) in [6.07, 6.45) is 2.36. The number of benzene rings is 1. The van der Waals surface area contributed by atoms with Crippen LogP contribution in [0.5, 0.6) is 0 Å². The van der Waals surface area contributed by atoms with Crippen LogP contribution in [0.25, 0.3) is 0 Å². The summed E-state index contributed by atoms with van der Waals surface area (Å²) in [7, 11) is 0. The molecule has 8 heteroatoms. The topological polar surface area (TPSA) is 109 Å². The normalized spacial score (nSPS) is 16.4. The summed E-state index contributed by atoms with van der Waals surface area (Å²) < 4.78 is 5.13. The zero-order valence-corrected chi connectivity index (χ0v) is 14.7. The molecule has 1 fully saturated rings. The SMILES string of the molecule is Cc1ccc(NC(=O)Cc2noc(CCNC(=O)C3CCCN3)n2)cc1. The number of aromatic nitrogens is 2. The molecule has 3 N–H and O–H groups in total. The van der Waals surface area contributed by atoms with Gasteiger partial charge < -0.3 is 20.5 Å². The summed E-state index contributed by atoms with van der Waals surface area (Å²) >= 11 is 0. The molecule has 0 bridgehead atoms. The lowest BCUT2D eigenvalue weighted by molar-refractivity contribution is -0.122. The van der Waals surface area contributed by atoms with E-state index in [0.717, 1.165) is 30.6 Å². The Kier molecular flexibility index (Phi) is 5.96. The molecule has 1 aliphatic heterocycles. The van der Waals surface area contributed by atoms with Crippen LogP contribution in [0.3, 0.4) is 0 Å². The number of aryl methyl sites for hydroxylation is 1. The van der Waals surface area contributed by atoms with Crippen LogP contribution in [0.1, 0.15) is 30.1 Å². The summed E-state index contributed by atoms with van der Waals surface area (Å²) in [4.78, 5) is 28.1. The monoisotopic (exact) mass is 357 g/mol. The van der Waals surface area contributed by atoms with Crippen molar-refractivity contribution < 1.29 is 14.1 Å². The number of carbonyl (C=O) groups excluding carboxylic acids is 2. The second kappa shape index (κ2) is 8.57. The Morgan fingerprint density at radius 1 is 1.31 bits per heavy atom. The fraction of sp³-hybridized carbons (Fsp3) is 0.444. The van der Waals surface area contributed by atoms with Crippen LogP contribution in [0.4, 0.5) is 5.69 Å². The number of hydrogen-bond acceptors (Lipinski definition) is 6. The zero-order valence-electron chi connectivity index (χ0n) is 14.7. The van der Waals surface area contributed by atoms with Crippen LogP contribution in [-0.4, -0.2) is 41.1 Å². The number of rotatable bonds is 7. The van der Waals surface area contributed by atoms with Gasteiger partial charge in [-0.15, -0.1) is 0 Å². The van der Waals surface area contributed by atoms with Crippen LogP contribution < -0.4 is 16.0 Å². The molecule has 1 aromatic heterocycles. The fourth-order valence-corrected chi connectivity index (χ4v) is 2.77. The molecule has 2 aromatic rings. The smallest absolute Gasteiger partial charge is 0.237 e.